The maximum absolute atomic E-state index is 4.60. The highest BCUT2D eigenvalue weighted by molar-refractivity contribution is 5.45. The number of nitrogens with one attached hydrogen (secondary N) is 2. The number of aromatic nitrogens is 3. The normalized spacial score (nSPS) is 24.8. The predicted molar refractivity (Wildman–Crippen MR) is 81.2 cm³/mol. The number of nitrogens with zero attached hydrogens (tertiary/aromatic N) is 4. The zero-order chi connectivity index (χ0) is 13.9. The molecule has 2 atom stereocenters. The van der Waals surface area contributed by atoms with Gasteiger partial charge in [-0.2, -0.15) is 15.0 Å². The van der Waals surface area contributed by atoms with E-state index in [4.69, 9.17) is 0 Å². The molecular weight excluding hydrogens is 252 g/mol. The lowest BCUT2D eigenvalue weighted by Crippen LogP contribution is -2.22. The minimum absolute atomic E-state index is 0.545. The molecule has 2 fully saturated rings. The van der Waals surface area contributed by atoms with E-state index in [0.29, 0.717) is 12.0 Å². The quantitative estimate of drug-likeness (QED) is 0.829. The molecule has 20 heavy (non-hydrogen) atoms. The summed E-state index contributed by atoms with van der Waals surface area (Å²) in [4.78, 5) is 15.8. The van der Waals surface area contributed by atoms with Crippen LogP contribution in [0.4, 0.5) is 17.8 Å². The van der Waals surface area contributed by atoms with Gasteiger partial charge in [0, 0.05) is 25.7 Å². The van der Waals surface area contributed by atoms with Crippen LogP contribution in [0, 0.1) is 5.92 Å². The van der Waals surface area contributed by atoms with E-state index in [1.54, 1.807) is 0 Å². The molecule has 0 amide bonds. The van der Waals surface area contributed by atoms with Gasteiger partial charge in [-0.15, -0.1) is 0 Å². The number of rotatable bonds is 6. The van der Waals surface area contributed by atoms with Crippen LogP contribution in [0.25, 0.3) is 0 Å². The topological polar surface area (TPSA) is 66.0 Å². The molecular formula is C14H24N6. The lowest BCUT2D eigenvalue weighted by molar-refractivity contribution is 0.769. The predicted octanol–water partition coefficient (Wildman–Crippen LogP) is 2.11. The van der Waals surface area contributed by atoms with Crippen molar-refractivity contribution in [2.45, 2.75) is 45.6 Å². The third-order valence-electron chi connectivity index (χ3n) is 4.11. The Balaban J connectivity index is 1.77. The van der Waals surface area contributed by atoms with Gasteiger partial charge in [0.05, 0.1) is 0 Å². The zero-order valence-corrected chi connectivity index (χ0v) is 12.4. The van der Waals surface area contributed by atoms with Crippen LogP contribution in [0.2, 0.25) is 0 Å². The van der Waals surface area contributed by atoms with E-state index in [0.717, 1.165) is 37.4 Å². The Hall–Kier alpha value is -1.59. The van der Waals surface area contributed by atoms with E-state index in [9.17, 15) is 0 Å². The highest BCUT2D eigenvalue weighted by Gasteiger charge is 2.36. The van der Waals surface area contributed by atoms with Crippen LogP contribution in [-0.2, 0) is 0 Å². The molecule has 0 aromatic carbocycles. The Bertz CT molecular complexity index is 457. The molecule has 110 valence electrons. The van der Waals surface area contributed by atoms with Crippen LogP contribution in [-0.4, -0.2) is 40.6 Å². The lowest BCUT2D eigenvalue weighted by atomic mass is 10.3. The highest BCUT2D eigenvalue weighted by atomic mass is 15.3. The highest BCUT2D eigenvalue weighted by Crippen LogP contribution is 2.35. The molecule has 1 aromatic rings. The summed E-state index contributed by atoms with van der Waals surface area (Å²) in [5.41, 5.74) is 0. The van der Waals surface area contributed by atoms with Crippen molar-refractivity contribution in [3.8, 4) is 0 Å². The molecule has 1 saturated heterocycles. The van der Waals surface area contributed by atoms with Crippen LogP contribution in [0.15, 0.2) is 0 Å². The van der Waals surface area contributed by atoms with Crippen molar-refractivity contribution >= 4 is 17.8 Å². The molecule has 1 aliphatic heterocycles. The molecule has 2 N–H and O–H groups in total. The van der Waals surface area contributed by atoms with Gasteiger partial charge in [0.2, 0.25) is 17.8 Å². The fourth-order valence-electron chi connectivity index (χ4n) is 2.77. The molecule has 6 heteroatoms. The maximum Gasteiger partial charge on any atom is 0.231 e. The molecule has 0 radical (unpaired) electrons. The summed E-state index contributed by atoms with van der Waals surface area (Å²) in [6.45, 7) is 7.22. The monoisotopic (exact) mass is 276 g/mol. The molecule has 1 aliphatic carbocycles. The largest absolute Gasteiger partial charge is 0.354 e. The summed E-state index contributed by atoms with van der Waals surface area (Å²) in [6.07, 6.45) is 4.91. The van der Waals surface area contributed by atoms with Gasteiger partial charge in [-0.1, -0.05) is 13.3 Å². The summed E-state index contributed by atoms with van der Waals surface area (Å²) in [6, 6.07) is 0.545. The van der Waals surface area contributed by atoms with Crippen LogP contribution in [0.5, 0.6) is 0 Å². The summed E-state index contributed by atoms with van der Waals surface area (Å²) in [7, 11) is 0. The van der Waals surface area contributed by atoms with Crippen LogP contribution < -0.4 is 15.5 Å². The van der Waals surface area contributed by atoms with Crippen molar-refractivity contribution in [3.05, 3.63) is 0 Å². The smallest absolute Gasteiger partial charge is 0.231 e. The average molecular weight is 276 g/mol. The third kappa shape index (κ3) is 2.94. The minimum atomic E-state index is 0.545. The van der Waals surface area contributed by atoms with E-state index in [2.05, 4.69) is 44.3 Å². The number of anilines is 3. The molecule has 0 bridgehead atoms. The van der Waals surface area contributed by atoms with E-state index in [1.165, 1.54) is 25.7 Å². The minimum Gasteiger partial charge on any atom is -0.354 e. The standard InChI is InChI=1S/C14H24N6/c1-3-10-9-11(10)16-13-17-12(15-4-2)18-14(19-13)20-7-5-6-8-20/h10-11H,3-9H2,1-2H3,(H2,15,16,17,18,19). The maximum atomic E-state index is 4.60. The van der Waals surface area contributed by atoms with E-state index >= 15 is 0 Å². The summed E-state index contributed by atoms with van der Waals surface area (Å²) in [5, 5.41) is 6.65. The van der Waals surface area contributed by atoms with Crippen molar-refractivity contribution < 1.29 is 0 Å². The van der Waals surface area contributed by atoms with Crippen molar-refractivity contribution in [1.29, 1.82) is 0 Å². The van der Waals surface area contributed by atoms with Crippen molar-refractivity contribution in [2.24, 2.45) is 5.92 Å². The summed E-state index contributed by atoms with van der Waals surface area (Å²) in [5.74, 6) is 2.99. The molecule has 6 nitrogen and oxygen atoms in total. The second-order valence-corrected chi connectivity index (χ2v) is 5.66. The third-order valence-corrected chi connectivity index (χ3v) is 4.11. The molecule has 2 aliphatic rings. The van der Waals surface area contributed by atoms with E-state index < -0.39 is 0 Å². The first-order chi connectivity index (χ1) is 9.80. The molecule has 1 saturated carbocycles. The molecule has 3 rings (SSSR count). The van der Waals surface area contributed by atoms with Crippen molar-refractivity contribution in [2.75, 3.05) is 35.2 Å². The van der Waals surface area contributed by atoms with Crippen LogP contribution in [0.3, 0.4) is 0 Å². The SMILES string of the molecule is CCNc1nc(NC2CC2CC)nc(N2CCCC2)n1. The van der Waals surface area contributed by atoms with Gasteiger partial charge < -0.3 is 15.5 Å². The molecule has 2 unspecified atom stereocenters. The summed E-state index contributed by atoms with van der Waals surface area (Å²) < 4.78 is 0. The van der Waals surface area contributed by atoms with Gasteiger partial charge in [-0.05, 0) is 32.1 Å². The fourth-order valence-corrected chi connectivity index (χ4v) is 2.77. The molecule has 1 aromatic heterocycles. The molecule has 2 heterocycles. The first-order valence-corrected chi connectivity index (χ1v) is 7.81. The Morgan fingerprint density at radius 3 is 2.50 bits per heavy atom. The fraction of sp³-hybridized carbons (Fsp3) is 0.786. The first-order valence-electron chi connectivity index (χ1n) is 7.81. The molecule has 0 spiro atoms. The van der Waals surface area contributed by atoms with E-state index in [-0.39, 0.29) is 0 Å². The van der Waals surface area contributed by atoms with E-state index in [1.807, 2.05) is 0 Å². The van der Waals surface area contributed by atoms with Gasteiger partial charge in [0.15, 0.2) is 0 Å². The van der Waals surface area contributed by atoms with Gasteiger partial charge in [0.25, 0.3) is 0 Å². The second kappa shape index (κ2) is 5.81. The van der Waals surface area contributed by atoms with Gasteiger partial charge in [-0.3, -0.25) is 0 Å². The van der Waals surface area contributed by atoms with Crippen LogP contribution in [0.1, 0.15) is 39.5 Å². The van der Waals surface area contributed by atoms with Gasteiger partial charge in [-0.25, -0.2) is 0 Å². The number of hydrogen-bond donors (Lipinski definition) is 2. The lowest BCUT2D eigenvalue weighted by Gasteiger charge is -2.17. The zero-order valence-electron chi connectivity index (χ0n) is 12.4. The van der Waals surface area contributed by atoms with Gasteiger partial charge >= 0.3 is 0 Å². The Labute approximate surface area is 120 Å². The average Bonchev–Trinajstić information content (AvgIpc) is 2.98. The Morgan fingerprint density at radius 1 is 1.10 bits per heavy atom. The van der Waals surface area contributed by atoms with Crippen molar-refractivity contribution in [3.63, 3.8) is 0 Å². The Morgan fingerprint density at radius 2 is 1.85 bits per heavy atom. The van der Waals surface area contributed by atoms with Crippen LogP contribution >= 0.6 is 0 Å². The Kier molecular flexibility index (Phi) is 3.89. The van der Waals surface area contributed by atoms with Gasteiger partial charge in [0.1, 0.15) is 0 Å². The summed E-state index contributed by atoms with van der Waals surface area (Å²) >= 11 is 0. The first kappa shape index (κ1) is 13.4. The van der Waals surface area contributed by atoms with Crippen molar-refractivity contribution in [1.82, 2.24) is 15.0 Å². The second-order valence-electron chi connectivity index (χ2n) is 5.66. The number of hydrogen-bond acceptors (Lipinski definition) is 6.